The first-order valence-corrected chi connectivity index (χ1v) is 10.4. The van der Waals surface area contributed by atoms with E-state index < -0.39 is 24.0 Å². The van der Waals surface area contributed by atoms with Gasteiger partial charge in [0.25, 0.3) is 0 Å². The van der Waals surface area contributed by atoms with E-state index in [0.29, 0.717) is 11.8 Å². The lowest BCUT2D eigenvalue weighted by Gasteiger charge is -2.30. The highest BCUT2D eigenvalue weighted by Crippen LogP contribution is 2.39. The Bertz CT molecular complexity index is 1360. The second-order valence-electron chi connectivity index (χ2n) is 8.30. The molecule has 0 aliphatic carbocycles. The molecular formula is C22H18F6N6. The number of aromatic nitrogens is 4. The van der Waals surface area contributed by atoms with Crippen LogP contribution in [0.1, 0.15) is 23.6 Å². The lowest BCUT2D eigenvalue weighted by molar-refractivity contribution is -0.183. The van der Waals surface area contributed by atoms with Crippen LogP contribution >= 0.6 is 0 Å². The molecule has 0 amide bonds. The Labute approximate surface area is 189 Å². The molecule has 3 aromatic heterocycles. The van der Waals surface area contributed by atoms with Gasteiger partial charge in [-0.1, -0.05) is 18.2 Å². The third-order valence-electron chi connectivity index (χ3n) is 5.92. The van der Waals surface area contributed by atoms with Crippen LogP contribution in [0, 0.1) is 0 Å². The number of pyridine rings is 2. The van der Waals surface area contributed by atoms with Gasteiger partial charge < -0.3 is 5.73 Å². The average molecular weight is 480 g/mol. The third kappa shape index (κ3) is 4.07. The maximum Gasteiger partial charge on any atom is 0.416 e. The van der Waals surface area contributed by atoms with E-state index in [-0.39, 0.29) is 47.4 Å². The number of alkyl halides is 6. The fourth-order valence-corrected chi connectivity index (χ4v) is 4.32. The second kappa shape index (κ2) is 7.91. The Kier molecular flexibility index (Phi) is 5.24. The quantitative estimate of drug-likeness (QED) is 0.434. The normalized spacial score (nSPS) is 18.7. The van der Waals surface area contributed by atoms with Crippen molar-refractivity contribution in [2.24, 2.45) is 5.73 Å². The van der Waals surface area contributed by atoms with Crippen LogP contribution < -0.4 is 5.73 Å². The first-order chi connectivity index (χ1) is 16.0. The summed E-state index contributed by atoms with van der Waals surface area (Å²) in [4.78, 5) is 5.57. The first-order valence-electron chi connectivity index (χ1n) is 10.4. The van der Waals surface area contributed by atoms with Gasteiger partial charge in [0.15, 0.2) is 11.5 Å². The number of hydrogen-bond acceptors (Lipinski definition) is 5. The van der Waals surface area contributed by atoms with E-state index in [9.17, 15) is 26.3 Å². The number of fused-ring (bicyclic) bond motifs is 2. The van der Waals surface area contributed by atoms with Crippen molar-refractivity contribution >= 4 is 16.6 Å². The SMILES string of the molecule is N[C@H]1CCN(C(c2ccc3nnc(-c4ccc5ccc(C(F)(F)F)cc5n4)n3c2)C(F)(F)F)C1. The number of hydrogen-bond donors (Lipinski definition) is 1. The number of nitrogens with zero attached hydrogens (tertiary/aromatic N) is 5. The lowest BCUT2D eigenvalue weighted by Crippen LogP contribution is -2.38. The molecule has 0 radical (unpaired) electrons. The first kappa shape index (κ1) is 22.5. The molecule has 2 N–H and O–H groups in total. The van der Waals surface area contributed by atoms with Gasteiger partial charge in [0, 0.05) is 30.7 Å². The molecule has 0 saturated carbocycles. The molecule has 2 atom stereocenters. The minimum atomic E-state index is -4.54. The summed E-state index contributed by atoms with van der Waals surface area (Å²) >= 11 is 0. The minimum Gasteiger partial charge on any atom is -0.326 e. The predicted molar refractivity (Wildman–Crippen MR) is 112 cm³/mol. The Morgan fingerprint density at radius 2 is 1.74 bits per heavy atom. The molecule has 4 heterocycles. The zero-order valence-corrected chi connectivity index (χ0v) is 17.5. The fourth-order valence-electron chi connectivity index (χ4n) is 4.32. The van der Waals surface area contributed by atoms with E-state index in [2.05, 4.69) is 15.2 Å². The summed E-state index contributed by atoms with van der Waals surface area (Å²) in [7, 11) is 0. The monoisotopic (exact) mass is 480 g/mol. The smallest absolute Gasteiger partial charge is 0.326 e. The van der Waals surface area contributed by atoms with E-state index in [1.807, 2.05) is 0 Å². The highest BCUT2D eigenvalue weighted by Gasteiger charge is 2.46. The number of benzene rings is 1. The van der Waals surface area contributed by atoms with Gasteiger partial charge in [-0.05, 0) is 36.2 Å². The summed E-state index contributed by atoms with van der Waals surface area (Å²) < 4.78 is 82.7. The zero-order valence-electron chi connectivity index (χ0n) is 17.5. The molecule has 34 heavy (non-hydrogen) atoms. The van der Waals surface area contributed by atoms with Gasteiger partial charge in [-0.15, -0.1) is 10.2 Å². The minimum absolute atomic E-state index is 0.0182. The van der Waals surface area contributed by atoms with Crippen LogP contribution in [0.5, 0.6) is 0 Å². The van der Waals surface area contributed by atoms with Crippen LogP contribution in [0.3, 0.4) is 0 Å². The van der Waals surface area contributed by atoms with Gasteiger partial charge in [0.05, 0.1) is 11.1 Å². The standard InChI is InChI=1S/C22H18F6N6/c23-21(24,25)14-4-1-12-2-5-16(30-17(12)9-14)20-32-31-18-6-3-13(10-34(18)20)19(22(26,27)28)33-8-7-15(29)11-33/h1-6,9-10,15,19H,7-8,11,29H2/t15-,19?/m0/s1. The van der Waals surface area contributed by atoms with Crippen molar-refractivity contribution in [2.75, 3.05) is 13.1 Å². The van der Waals surface area contributed by atoms with Crippen molar-refractivity contribution in [3.8, 4) is 11.5 Å². The van der Waals surface area contributed by atoms with Crippen LogP contribution in [0.15, 0.2) is 48.7 Å². The molecule has 0 bridgehead atoms. The Balaban J connectivity index is 1.60. The van der Waals surface area contributed by atoms with Crippen LogP contribution in [-0.2, 0) is 6.18 Å². The molecule has 12 heteroatoms. The lowest BCUT2D eigenvalue weighted by atomic mass is 10.1. The molecular weight excluding hydrogens is 462 g/mol. The molecule has 1 unspecified atom stereocenters. The fraction of sp³-hybridized carbons (Fsp3) is 0.318. The van der Waals surface area contributed by atoms with Crippen LogP contribution in [-0.4, -0.2) is 49.8 Å². The van der Waals surface area contributed by atoms with Gasteiger partial charge in [0.2, 0.25) is 0 Å². The molecule has 1 fully saturated rings. The third-order valence-corrected chi connectivity index (χ3v) is 5.92. The highest BCUT2D eigenvalue weighted by atomic mass is 19.4. The van der Waals surface area contributed by atoms with Crippen molar-refractivity contribution in [2.45, 2.75) is 30.9 Å². The zero-order chi connectivity index (χ0) is 24.3. The maximum atomic E-state index is 14.0. The van der Waals surface area contributed by atoms with E-state index in [1.54, 1.807) is 12.1 Å². The number of rotatable bonds is 3. The molecule has 0 spiro atoms. The molecule has 1 aliphatic rings. The van der Waals surface area contributed by atoms with Gasteiger partial charge in [0.1, 0.15) is 11.7 Å². The Morgan fingerprint density at radius 1 is 0.971 bits per heavy atom. The summed E-state index contributed by atoms with van der Waals surface area (Å²) in [5.41, 5.74) is 5.51. The largest absolute Gasteiger partial charge is 0.416 e. The molecule has 5 rings (SSSR count). The van der Waals surface area contributed by atoms with Crippen molar-refractivity contribution < 1.29 is 26.3 Å². The van der Waals surface area contributed by atoms with E-state index >= 15 is 0 Å². The van der Waals surface area contributed by atoms with E-state index in [0.717, 1.165) is 12.1 Å². The second-order valence-corrected chi connectivity index (χ2v) is 8.30. The molecule has 1 aromatic carbocycles. The van der Waals surface area contributed by atoms with E-state index in [4.69, 9.17) is 5.73 Å². The highest BCUT2D eigenvalue weighted by molar-refractivity contribution is 5.81. The average Bonchev–Trinajstić information content (AvgIpc) is 3.37. The molecule has 1 aliphatic heterocycles. The number of halogens is 6. The van der Waals surface area contributed by atoms with Crippen molar-refractivity contribution in [3.63, 3.8) is 0 Å². The van der Waals surface area contributed by atoms with Gasteiger partial charge in [-0.2, -0.15) is 26.3 Å². The molecule has 4 aromatic rings. The van der Waals surface area contributed by atoms with E-state index in [1.165, 1.54) is 33.7 Å². The van der Waals surface area contributed by atoms with Crippen LogP contribution in [0.2, 0.25) is 0 Å². The topological polar surface area (TPSA) is 72.3 Å². The van der Waals surface area contributed by atoms with Crippen molar-refractivity contribution in [3.05, 3.63) is 59.8 Å². The van der Waals surface area contributed by atoms with Gasteiger partial charge in [-0.3, -0.25) is 9.30 Å². The summed E-state index contributed by atoms with van der Waals surface area (Å²) in [6.07, 6.45) is -7.31. The molecule has 6 nitrogen and oxygen atoms in total. The van der Waals surface area contributed by atoms with Gasteiger partial charge >= 0.3 is 12.4 Å². The number of likely N-dealkylation sites (tertiary alicyclic amines) is 1. The Hall–Kier alpha value is -3.25. The summed E-state index contributed by atoms with van der Waals surface area (Å²) in [5.74, 6) is 0.121. The van der Waals surface area contributed by atoms with Crippen molar-refractivity contribution in [1.82, 2.24) is 24.5 Å². The van der Waals surface area contributed by atoms with Crippen LogP contribution in [0.4, 0.5) is 26.3 Å². The van der Waals surface area contributed by atoms with Gasteiger partial charge in [-0.25, -0.2) is 4.98 Å². The predicted octanol–water partition coefficient (Wildman–Crippen LogP) is 4.60. The Morgan fingerprint density at radius 3 is 2.41 bits per heavy atom. The summed E-state index contributed by atoms with van der Waals surface area (Å²) in [6.45, 7) is 0.331. The van der Waals surface area contributed by atoms with Crippen LogP contribution in [0.25, 0.3) is 28.1 Å². The summed E-state index contributed by atoms with van der Waals surface area (Å²) in [6, 6.07) is 6.88. The van der Waals surface area contributed by atoms with Crippen molar-refractivity contribution in [1.29, 1.82) is 0 Å². The molecule has 1 saturated heterocycles. The summed E-state index contributed by atoms with van der Waals surface area (Å²) in [5, 5.41) is 8.49. The number of nitrogens with two attached hydrogens (primary N) is 1. The molecule has 178 valence electrons. The maximum absolute atomic E-state index is 14.0.